The lowest BCUT2D eigenvalue weighted by Gasteiger charge is -2.15. The largest absolute Gasteiger partial charge is 0.309 e. The van der Waals surface area contributed by atoms with Crippen molar-refractivity contribution in [2.24, 2.45) is 7.05 Å². The van der Waals surface area contributed by atoms with E-state index in [1.807, 2.05) is 24.7 Å². The molecular weight excluding hydrogens is 256 g/mol. The Hall–Kier alpha value is -0.910. The Labute approximate surface area is 110 Å². The fourth-order valence-electron chi connectivity index (χ4n) is 1.76. The van der Waals surface area contributed by atoms with Crippen LogP contribution in [-0.4, -0.2) is 21.5 Å². The van der Waals surface area contributed by atoms with Crippen LogP contribution in [0.5, 0.6) is 0 Å². The fourth-order valence-corrected chi connectivity index (χ4v) is 3.02. The molecule has 17 heavy (non-hydrogen) atoms. The van der Waals surface area contributed by atoms with Gasteiger partial charge in [-0.3, -0.25) is 4.68 Å². The van der Waals surface area contributed by atoms with Crippen LogP contribution < -0.4 is 5.32 Å². The summed E-state index contributed by atoms with van der Waals surface area (Å²) < 4.78 is 1.72. The third kappa shape index (κ3) is 3.06. The number of halogens is 1. The molecule has 2 rings (SSSR count). The summed E-state index contributed by atoms with van der Waals surface area (Å²) in [4.78, 5) is 1.17. The van der Waals surface area contributed by atoms with Crippen LogP contribution in [0.15, 0.2) is 17.6 Å². The molecule has 0 spiro atoms. The number of aromatic nitrogens is 3. The molecule has 1 unspecified atom stereocenters. The van der Waals surface area contributed by atoms with E-state index in [1.54, 1.807) is 16.0 Å². The highest BCUT2D eigenvalue weighted by Crippen LogP contribution is 2.30. The maximum absolute atomic E-state index is 6.17. The number of nitrogens with zero attached hydrogens (tertiary/aromatic N) is 3. The van der Waals surface area contributed by atoms with Crippen LogP contribution in [0.3, 0.4) is 0 Å². The summed E-state index contributed by atoms with van der Waals surface area (Å²) in [5.41, 5.74) is 0.975. The Morgan fingerprint density at radius 1 is 1.59 bits per heavy atom. The molecule has 92 valence electrons. The highest BCUT2D eigenvalue weighted by atomic mass is 35.5. The first-order valence-corrected chi connectivity index (χ1v) is 6.78. The number of nitrogens with one attached hydrogen (secondary N) is 1. The zero-order valence-corrected chi connectivity index (χ0v) is 11.4. The van der Waals surface area contributed by atoms with Gasteiger partial charge < -0.3 is 5.32 Å². The zero-order chi connectivity index (χ0) is 12.3. The minimum absolute atomic E-state index is 0.212. The first-order valence-electron chi connectivity index (χ1n) is 5.52. The molecule has 0 aromatic carbocycles. The van der Waals surface area contributed by atoms with E-state index in [0.29, 0.717) is 0 Å². The minimum Gasteiger partial charge on any atom is -0.309 e. The monoisotopic (exact) mass is 270 g/mol. The van der Waals surface area contributed by atoms with Crippen molar-refractivity contribution >= 4 is 22.9 Å². The van der Waals surface area contributed by atoms with E-state index in [0.717, 1.165) is 23.7 Å². The second-order valence-corrected chi connectivity index (χ2v) is 5.19. The Balaban J connectivity index is 2.15. The number of likely N-dealkylation sites (N-methyl/N-ethyl adjacent to an activating group) is 1. The molecule has 0 saturated heterocycles. The Bertz CT molecular complexity index is 479. The van der Waals surface area contributed by atoms with Gasteiger partial charge in [-0.05, 0) is 18.0 Å². The van der Waals surface area contributed by atoms with Crippen LogP contribution in [0, 0.1) is 0 Å². The molecule has 0 aliphatic heterocycles. The lowest BCUT2D eigenvalue weighted by Crippen LogP contribution is -2.22. The topological polar surface area (TPSA) is 42.7 Å². The summed E-state index contributed by atoms with van der Waals surface area (Å²) in [6, 6.07) is 2.15. The lowest BCUT2D eigenvalue weighted by atomic mass is 10.1. The van der Waals surface area contributed by atoms with E-state index in [9.17, 15) is 0 Å². The van der Waals surface area contributed by atoms with E-state index in [1.165, 1.54) is 4.88 Å². The molecular formula is C11H15ClN4S. The van der Waals surface area contributed by atoms with Crippen LogP contribution in [-0.2, 0) is 13.5 Å². The van der Waals surface area contributed by atoms with Gasteiger partial charge in [0.25, 0.3) is 0 Å². The summed E-state index contributed by atoms with van der Waals surface area (Å²) in [7, 11) is 1.87. The van der Waals surface area contributed by atoms with E-state index in [-0.39, 0.29) is 6.04 Å². The summed E-state index contributed by atoms with van der Waals surface area (Å²) in [5.74, 6) is 0. The second-order valence-electron chi connectivity index (χ2n) is 3.83. The summed E-state index contributed by atoms with van der Waals surface area (Å²) >= 11 is 7.85. The van der Waals surface area contributed by atoms with Gasteiger partial charge in [-0.2, -0.15) is 0 Å². The van der Waals surface area contributed by atoms with Gasteiger partial charge in [0.2, 0.25) is 0 Å². The molecule has 0 saturated carbocycles. The SMILES string of the molecule is CCNC(Cc1cn(C)nn1)c1sccc1Cl. The molecule has 0 radical (unpaired) electrons. The average molecular weight is 271 g/mol. The van der Waals surface area contributed by atoms with E-state index in [4.69, 9.17) is 11.6 Å². The van der Waals surface area contributed by atoms with Crippen molar-refractivity contribution in [3.8, 4) is 0 Å². The molecule has 6 heteroatoms. The Morgan fingerprint density at radius 3 is 2.94 bits per heavy atom. The Kier molecular flexibility index (Phi) is 4.15. The lowest BCUT2D eigenvalue weighted by molar-refractivity contribution is 0.552. The van der Waals surface area contributed by atoms with Crippen molar-refractivity contribution in [1.29, 1.82) is 0 Å². The number of thiophene rings is 1. The maximum atomic E-state index is 6.17. The Morgan fingerprint density at radius 2 is 2.41 bits per heavy atom. The van der Waals surface area contributed by atoms with Gasteiger partial charge in [-0.15, -0.1) is 16.4 Å². The van der Waals surface area contributed by atoms with Gasteiger partial charge in [0.1, 0.15) is 0 Å². The summed E-state index contributed by atoms with van der Waals surface area (Å²) in [5, 5.41) is 14.3. The van der Waals surface area contributed by atoms with Gasteiger partial charge >= 0.3 is 0 Å². The molecule has 0 aliphatic carbocycles. The summed E-state index contributed by atoms with van der Waals surface area (Å²) in [6.07, 6.45) is 2.74. The zero-order valence-electron chi connectivity index (χ0n) is 9.85. The molecule has 0 aliphatic rings. The fraction of sp³-hybridized carbons (Fsp3) is 0.455. The molecule has 1 N–H and O–H groups in total. The molecule has 1 atom stereocenters. The van der Waals surface area contributed by atoms with Crippen molar-refractivity contribution in [3.63, 3.8) is 0 Å². The average Bonchev–Trinajstić information content (AvgIpc) is 2.87. The van der Waals surface area contributed by atoms with Crippen molar-refractivity contribution < 1.29 is 0 Å². The van der Waals surface area contributed by atoms with Gasteiger partial charge in [-0.1, -0.05) is 23.7 Å². The molecule has 0 bridgehead atoms. The van der Waals surface area contributed by atoms with Crippen LogP contribution >= 0.6 is 22.9 Å². The molecule has 2 aromatic rings. The van der Waals surface area contributed by atoms with Gasteiger partial charge in [-0.25, -0.2) is 0 Å². The van der Waals surface area contributed by atoms with E-state index in [2.05, 4.69) is 22.6 Å². The van der Waals surface area contributed by atoms with E-state index >= 15 is 0 Å². The molecule has 0 fully saturated rings. The predicted molar refractivity (Wildman–Crippen MR) is 70.5 cm³/mol. The highest BCUT2D eigenvalue weighted by Gasteiger charge is 2.17. The third-order valence-corrected chi connectivity index (χ3v) is 3.95. The second kappa shape index (κ2) is 5.62. The van der Waals surface area contributed by atoms with Crippen LogP contribution in [0.2, 0.25) is 5.02 Å². The molecule has 0 amide bonds. The molecule has 2 aromatic heterocycles. The molecule has 2 heterocycles. The van der Waals surface area contributed by atoms with Gasteiger partial charge in [0.05, 0.1) is 10.7 Å². The minimum atomic E-state index is 0.212. The smallest absolute Gasteiger partial charge is 0.0846 e. The normalized spacial score (nSPS) is 12.9. The number of hydrogen-bond donors (Lipinski definition) is 1. The maximum Gasteiger partial charge on any atom is 0.0846 e. The predicted octanol–water partition coefficient (Wildman–Crippen LogP) is 2.42. The standard InChI is InChI=1S/C11H15ClN4S/c1-3-13-10(11-9(12)4-5-17-11)6-8-7-16(2)15-14-8/h4-5,7,10,13H,3,6H2,1-2H3. The number of aryl methyl sites for hydroxylation is 1. The molecule has 4 nitrogen and oxygen atoms in total. The first kappa shape index (κ1) is 12.5. The van der Waals surface area contributed by atoms with Crippen molar-refractivity contribution in [2.75, 3.05) is 6.54 Å². The van der Waals surface area contributed by atoms with Gasteiger partial charge in [0.15, 0.2) is 0 Å². The quantitative estimate of drug-likeness (QED) is 0.907. The van der Waals surface area contributed by atoms with Gasteiger partial charge in [0, 0.05) is 30.6 Å². The van der Waals surface area contributed by atoms with Crippen LogP contribution in [0.1, 0.15) is 23.5 Å². The van der Waals surface area contributed by atoms with Crippen molar-refractivity contribution in [1.82, 2.24) is 20.3 Å². The third-order valence-electron chi connectivity index (χ3n) is 2.48. The first-order chi connectivity index (χ1) is 8.20. The summed E-state index contributed by atoms with van der Waals surface area (Å²) in [6.45, 7) is 2.99. The van der Waals surface area contributed by atoms with Crippen LogP contribution in [0.4, 0.5) is 0 Å². The number of hydrogen-bond acceptors (Lipinski definition) is 4. The van der Waals surface area contributed by atoms with Crippen LogP contribution in [0.25, 0.3) is 0 Å². The van der Waals surface area contributed by atoms with E-state index < -0.39 is 0 Å². The number of rotatable bonds is 5. The highest BCUT2D eigenvalue weighted by molar-refractivity contribution is 7.10. The van der Waals surface area contributed by atoms with Crippen molar-refractivity contribution in [3.05, 3.63) is 33.2 Å². The van der Waals surface area contributed by atoms with Crippen molar-refractivity contribution in [2.45, 2.75) is 19.4 Å².